The van der Waals surface area contributed by atoms with E-state index in [0.717, 1.165) is 60.8 Å². The third kappa shape index (κ3) is 5.36. The molecule has 3 aromatic rings. The van der Waals surface area contributed by atoms with Gasteiger partial charge in [0.15, 0.2) is 0 Å². The number of aliphatic hydroxyl groups excluding tert-OH is 1. The monoisotopic (exact) mass is 410 g/mol. The average molecular weight is 411 g/mol. The van der Waals surface area contributed by atoms with Gasteiger partial charge in [-0.15, -0.1) is 0 Å². The summed E-state index contributed by atoms with van der Waals surface area (Å²) in [6.07, 6.45) is 5.69. The van der Waals surface area contributed by atoms with E-state index >= 15 is 0 Å². The molecule has 3 rings (SSSR count). The van der Waals surface area contributed by atoms with Crippen LogP contribution in [0.1, 0.15) is 51.2 Å². The summed E-state index contributed by atoms with van der Waals surface area (Å²) in [5, 5.41) is 12.4. The van der Waals surface area contributed by atoms with Crippen molar-refractivity contribution in [2.75, 3.05) is 19.6 Å². The van der Waals surface area contributed by atoms with E-state index in [-0.39, 0.29) is 0 Å². The normalized spacial score (nSPS) is 12.6. The number of nitrogens with zero attached hydrogens (tertiary/aromatic N) is 2. The molecule has 0 radical (unpaired) electrons. The summed E-state index contributed by atoms with van der Waals surface area (Å²) in [6, 6.07) is 16.3. The van der Waals surface area contributed by atoms with Crippen molar-refractivity contribution in [2.45, 2.75) is 45.6 Å². The molecule has 0 spiro atoms. The van der Waals surface area contributed by atoms with E-state index in [0.29, 0.717) is 17.1 Å². The van der Waals surface area contributed by atoms with Crippen LogP contribution in [0.5, 0.6) is 0 Å². The van der Waals surface area contributed by atoms with Crippen LogP contribution in [-0.2, 0) is 0 Å². The van der Waals surface area contributed by atoms with Crippen molar-refractivity contribution in [1.82, 2.24) is 9.88 Å². The molecule has 2 aromatic carbocycles. The smallest absolute Gasteiger partial charge is 0.0946 e. The summed E-state index contributed by atoms with van der Waals surface area (Å²) in [5.74, 6) is 0. The summed E-state index contributed by atoms with van der Waals surface area (Å²) >= 11 is 6.77. The van der Waals surface area contributed by atoms with Crippen LogP contribution in [0.3, 0.4) is 0 Å². The first-order valence-corrected chi connectivity index (χ1v) is 11.1. The van der Waals surface area contributed by atoms with Crippen LogP contribution >= 0.6 is 11.6 Å². The lowest BCUT2D eigenvalue weighted by Gasteiger charge is -2.25. The molecular formula is C25H31ClN2O. The van der Waals surface area contributed by atoms with E-state index in [2.05, 4.69) is 36.9 Å². The quantitative estimate of drug-likeness (QED) is 0.415. The zero-order valence-electron chi connectivity index (χ0n) is 17.4. The second kappa shape index (κ2) is 10.7. The number of aliphatic hydroxyl groups is 1. The van der Waals surface area contributed by atoms with Crippen LogP contribution in [0.15, 0.2) is 54.7 Å². The van der Waals surface area contributed by atoms with Gasteiger partial charge < -0.3 is 10.0 Å². The molecule has 0 fully saturated rings. The van der Waals surface area contributed by atoms with Gasteiger partial charge in [-0.2, -0.15) is 0 Å². The Labute approximate surface area is 179 Å². The van der Waals surface area contributed by atoms with E-state index in [9.17, 15) is 5.11 Å². The van der Waals surface area contributed by atoms with Crippen LogP contribution in [-0.4, -0.2) is 34.6 Å². The summed E-state index contributed by atoms with van der Waals surface area (Å²) in [6.45, 7) is 6.99. The van der Waals surface area contributed by atoms with Crippen molar-refractivity contribution in [3.05, 3.63) is 65.3 Å². The van der Waals surface area contributed by atoms with E-state index in [1.807, 2.05) is 30.3 Å². The first-order valence-electron chi connectivity index (χ1n) is 10.7. The lowest BCUT2D eigenvalue weighted by atomic mass is 10.00. The van der Waals surface area contributed by atoms with Gasteiger partial charge in [0, 0.05) is 29.3 Å². The number of hydrogen-bond acceptors (Lipinski definition) is 3. The van der Waals surface area contributed by atoms with Crippen LogP contribution in [0.2, 0.25) is 5.02 Å². The van der Waals surface area contributed by atoms with E-state index in [4.69, 9.17) is 16.6 Å². The first-order chi connectivity index (χ1) is 14.2. The standard InChI is InChI=1S/C25H31ClN2O/c1-3-5-15-28(16-6-4-2)18-23(29)22-17-27-25-20(19-11-8-7-9-12-19)13-10-14-21(25)24(22)26/h7-14,17,23,29H,3-6,15-16,18H2,1-2H3. The highest BCUT2D eigenvalue weighted by molar-refractivity contribution is 6.36. The van der Waals surface area contributed by atoms with Crippen molar-refractivity contribution >= 4 is 22.5 Å². The van der Waals surface area contributed by atoms with Gasteiger partial charge in [-0.1, -0.05) is 86.8 Å². The van der Waals surface area contributed by atoms with Gasteiger partial charge in [-0.25, -0.2) is 0 Å². The van der Waals surface area contributed by atoms with Crippen molar-refractivity contribution in [1.29, 1.82) is 0 Å². The highest BCUT2D eigenvalue weighted by atomic mass is 35.5. The van der Waals surface area contributed by atoms with Crippen LogP contribution in [0.4, 0.5) is 0 Å². The molecular weight excluding hydrogens is 380 g/mol. The van der Waals surface area contributed by atoms with Gasteiger partial charge in [0.2, 0.25) is 0 Å². The Morgan fingerprint density at radius 1 is 0.966 bits per heavy atom. The molecule has 1 atom stereocenters. The predicted molar refractivity (Wildman–Crippen MR) is 123 cm³/mol. The van der Waals surface area contributed by atoms with Gasteiger partial charge in [-0.3, -0.25) is 4.98 Å². The topological polar surface area (TPSA) is 36.4 Å². The minimum absolute atomic E-state index is 0.589. The third-order valence-electron chi connectivity index (χ3n) is 5.39. The number of benzene rings is 2. The molecule has 3 nitrogen and oxygen atoms in total. The summed E-state index contributed by atoms with van der Waals surface area (Å²) in [4.78, 5) is 7.05. The third-order valence-corrected chi connectivity index (χ3v) is 5.81. The molecule has 0 amide bonds. The molecule has 154 valence electrons. The van der Waals surface area contributed by atoms with E-state index < -0.39 is 6.10 Å². The van der Waals surface area contributed by atoms with Gasteiger partial charge in [0.1, 0.15) is 0 Å². The molecule has 0 aliphatic heterocycles. The maximum Gasteiger partial charge on any atom is 0.0946 e. The Morgan fingerprint density at radius 3 is 2.31 bits per heavy atom. The SMILES string of the molecule is CCCCN(CCCC)CC(O)c1cnc2c(-c3ccccc3)cccc2c1Cl. The maximum atomic E-state index is 11.0. The van der Waals surface area contributed by atoms with E-state index in [1.54, 1.807) is 6.20 Å². The molecule has 0 aliphatic rings. The summed E-state index contributed by atoms with van der Waals surface area (Å²) in [5.41, 5.74) is 3.75. The lowest BCUT2D eigenvalue weighted by Crippen LogP contribution is -2.31. The second-order valence-corrected chi connectivity index (χ2v) is 8.00. The van der Waals surface area contributed by atoms with Crippen molar-refractivity contribution < 1.29 is 5.11 Å². The molecule has 0 bridgehead atoms. The largest absolute Gasteiger partial charge is 0.387 e. The van der Waals surface area contributed by atoms with Crippen LogP contribution in [0, 0.1) is 0 Å². The lowest BCUT2D eigenvalue weighted by molar-refractivity contribution is 0.111. The van der Waals surface area contributed by atoms with Gasteiger partial charge in [0.05, 0.1) is 16.6 Å². The molecule has 1 N–H and O–H groups in total. The molecule has 0 saturated heterocycles. The minimum atomic E-state index is -0.645. The molecule has 0 saturated carbocycles. The Hall–Kier alpha value is -1.94. The number of hydrogen-bond donors (Lipinski definition) is 1. The van der Waals surface area contributed by atoms with Gasteiger partial charge in [-0.05, 0) is 31.5 Å². The molecule has 1 heterocycles. The van der Waals surface area contributed by atoms with Gasteiger partial charge >= 0.3 is 0 Å². The van der Waals surface area contributed by atoms with Crippen LogP contribution in [0.25, 0.3) is 22.0 Å². The molecule has 4 heteroatoms. The predicted octanol–water partition coefficient (Wildman–Crippen LogP) is 6.49. The molecule has 0 aliphatic carbocycles. The number of fused-ring (bicyclic) bond motifs is 1. The van der Waals surface area contributed by atoms with E-state index in [1.165, 1.54) is 0 Å². The fraction of sp³-hybridized carbons (Fsp3) is 0.400. The average Bonchev–Trinajstić information content (AvgIpc) is 2.76. The maximum absolute atomic E-state index is 11.0. The van der Waals surface area contributed by atoms with Crippen molar-refractivity contribution in [3.63, 3.8) is 0 Å². The number of rotatable bonds is 10. The first kappa shape index (κ1) is 21.8. The summed E-state index contributed by atoms with van der Waals surface area (Å²) < 4.78 is 0. The molecule has 1 unspecified atom stereocenters. The second-order valence-electron chi connectivity index (χ2n) is 7.62. The Kier molecular flexibility index (Phi) is 8.05. The number of aromatic nitrogens is 1. The summed E-state index contributed by atoms with van der Waals surface area (Å²) in [7, 11) is 0. The highest BCUT2D eigenvalue weighted by Crippen LogP contribution is 2.35. The Bertz CT molecular complexity index is 905. The number of pyridine rings is 1. The number of unbranched alkanes of at least 4 members (excludes halogenated alkanes) is 2. The van der Waals surface area contributed by atoms with Gasteiger partial charge in [0.25, 0.3) is 0 Å². The fourth-order valence-electron chi connectivity index (χ4n) is 3.69. The molecule has 29 heavy (non-hydrogen) atoms. The Morgan fingerprint density at radius 2 is 1.66 bits per heavy atom. The zero-order valence-corrected chi connectivity index (χ0v) is 18.2. The highest BCUT2D eigenvalue weighted by Gasteiger charge is 2.19. The fourth-order valence-corrected chi connectivity index (χ4v) is 4.02. The number of halogens is 1. The number of para-hydroxylation sites is 1. The van der Waals surface area contributed by atoms with Crippen molar-refractivity contribution in [2.24, 2.45) is 0 Å². The molecule has 1 aromatic heterocycles. The van der Waals surface area contributed by atoms with Crippen molar-refractivity contribution in [3.8, 4) is 11.1 Å². The minimum Gasteiger partial charge on any atom is -0.387 e. The van der Waals surface area contributed by atoms with Crippen LogP contribution < -0.4 is 0 Å². The zero-order chi connectivity index (χ0) is 20.6. The Balaban J connectivity index is 1.89.